The van der Waals surface area contributed by atoms with Crippen molar-refractivity contribution in [2.45, 2.75) is 6.04 Å². The number of benzene rings is 2. The van der Waals surface area contributed by atoms with Gasteiger partial charge < -0.3 is 10.6 Å². The predicted molar refractivity (Wildman–Crippen MR) is 84.6 cm³/mol. The molecule has 0 aliphatic carbocycles. The lowest BCUT2D eigenvalue weighted by Crippen LogP contribution is -2.36. The molecular weight excluding hydrogens is 293 g/mol. The van der Waals surface area contributed by atoms with Crippen LogP contribution in [0.1, 0.15) is 11.6 Å². The topological polar surface area (TPSA) is 41.6 Å². The lowest BCUT2D eigenvalue weighted by molar-refractivity contribution is 0.769. The predicted octanol–water partition coefficient (Wildman–Crippen LogP) is 3.87. The Morgan fingerprint density at radius 1 is 1.05 bits per heavy atom. The average Bonchev–Trinajstić information content (AvgIpc) is 2.82. The van der Waals surface area contributed by atoms with Crippen molar-refractivity contribution in [3.8, 4) is 0 Å². The Hall–Kier alpha value is -1.71. The Labute approximate surface area is 127 Å². The molecule has 1 unspecified atom stereocenters. The summed E-state index contributed by atoms with van der Waals surface area (Å²) in [6.07, 6.45) is 0. The van der Waals surface area contributed by atoms with Crippen molar-refractivity contribution in [2.24, 2.45) is 10.7 Å². The standard InChI is InChI=1S/C15H13Cl2N3/c16-11-7-5-10(6-8-11)14-9-19-15(18)20(14)13-4-2-1-3-12(13)17/h1-8,14H,9H2,(H2,18,19). The zero-order valence-corrected chi connectivity index (χ0v) is 12.1. The van der Waals surface area contributed by atoms with E-state index in [2.05, 4.69) is 4.99 Å². The molecule has 3 nitrogen and oxygen atoms in total. The zero-order chi connectivity index (χ0) is 14.1. The van der Waals surface area contributed by atoms with Crippen LogP contribution in [0.25, 0.3) is 0 Å². The Balaban J connectivity index is 2.01. The van der Waals surface area contributed by atoms with E-state index in [1.807, 2.05) is 53.4 Å². The fourth-order valence-corrected chi connectivity index (χ4v) is 2.73. The largest absolute Gasteiger partial charge is 0.369 e. The number of hydrogen-bond donors (Lipinski definition) is 1. The second kappa shape index (κ2) is 5.35. The summed E-state index contributed by atoms with van der Waals surface area (Å²) in [4.78, 5) is 6.31. The van der Waals surface area contributed by atoms with Crippen molar-refractivity contribution in [1.29, 1.82) is 0 Å². The summed E-state index contributed by atoms with van der Waals surface area (Å²) >= 11 is 12.2. The maximum Gasteiger partial charge on any atom is 0.196 e. The highest BCUT2D eigenvalue weighted by Gasteiger charge is 2.29. The molecule has 0 saturated carbocycles. The third-order valence-corrected chi connectivity index (χ3v) is 3.92. The first-order chi connectivity index (χ1) is 9.66. The minimum atomic E-state index is 0.0483. The van der Waals surface area contributed by atoms with Crippen molar-refractivity contribution in [3.05, 3.63) is 64.1 Å². The molecule has 1 atom stereocenters. The Morgan fingerprint density at radius 3 is 2.45 bits per heavy atom. The Morgan fingerprint density at radius 2 is 1.75 bits per heavy atom. The van der Waals surface area contributed by atoms with E-state index in [-0.39, 0.29) is 6.04 Å². The van der Waals surface area contributed by atoms with E-state index in [1.54, 1.807) is 0 Å². The number of para-hydroxylation sites is 1. The zero-order valence-electron chi connectivity index (χ0n) is 10.6. The molecule has 102 valence electrons. The second-order valence-corrected chi connectivity index (χ2v) is 5.43. The second-order valence-electron chi connectivity index (χ2n) is 4.59. The molecule has 3 rings (SSSR count). The number of hydrogen-bond acceptors (Lipinski definition) is 3. The summed E-state index contributed by atoms with van der Waals surface area (Å²) in [6.45, 7) is 0.610. The molecule has 1 aliphatic rings. The van der Waals surface area contributed by atoms with Crippen LogP contribution < -0.4 is 10.6 Å². The molecule has 2 aromatic rings. The number of anilines is 1. The number of aliphatic imine (C=N–C) groups is 1. The van der Waals surface area contributed by atoms with Crippen LogP contribution in [-0.4, -0.2) is 12.5 Å². The van der Waals surface area contributed by atoms with Crippen LogP contribution in [0.15, 0.2) is 53.5 Å². The van der Waals surface area contributed by atoms with Gasteiger partial charge in [0, 0.05) is 5.02 Å². The molecule has 20 heavy (non-hydrogen) atoms. The first kappa shape index (κ1) is 13.3. The molecular formula is C15H13Cl2N3. The normalized spacial score (nSPS) is 18.2. The molecule has 1 heterocycles. The summed E-state index contributed by atoms with van der Waals surface area (Å²) in [7, 11) is 0. The van der Waals surface area contributed by atoms with E-state index >= 15 is 0 Å². The van der Waals surface area contributed by atoms with Crippen molar-refractivity contribution in [1.82, 2.24) is 0 Å². The van der Waals surface area contributed by atoms with Crippen LogP contribution in [0.5, 0.6) is 0 Å². The lowest BCUT2D eigenvalue weighted by atomic mass is 10.1. The molecule has 5 heteroatoms. The Kier molecular flexibility index (Phi) is 3.55. The van der Waals surface area contributed by atoms with Gasteiger partial charge in [0.15, 0.2) is 5.96 Å². The van der Waals surface area contributed by atoms with Gasteiger partial charge in [-0.2, -0.15) is 0 Å². The number of nitrogens with zero attached hydrogens (tertiary/aromatic N) is 2. The van der Waals surface area contributed by atoms with Crippen molar-refractivity contribution < 1.29 is 0 Å². The third-order valence-electron chi connectivity index (χ3n) is 3.35. The van der Waals surface area contributed by atoms with Gasteiger partial charge in [0.1, 0.15) is 0 Å². The maximum absolute atomic E-state index is 6.27. The first-order valence-electron chi connectivity index (χ1n) is 6.26. The molecule has 0 bridgehead atoms. The highest BCUT2D eigenvalue weighted by molar-refractivity contribution is 6.34. The van der Waals surface area contributed by atoms with Gasteiger partial charge in [0.2, 0.25) is 0 Å². The van der Waals surface area contributed by atoms with Gasteiger partial charge in [-0.3, -0.25) is 4.99 Å². The van der Waals surface area contributed by atoms with E-state index in [4.69, 9.17) is 28.9 Å². The van der Waals surface area contributed by atoms with Crippen LogP contribution in [-0.2, 0) is 0 Å². The summed E-state index contributed by atoms with van der Waals surface area (Å²) in [5, 5.41) is 1.37. The van der Waals surface area contributed by atoms with Gasteiger partial charge in [-0.1, -0.05) is 47.5 Å². The van der Waals surface area contributed by atoms with E-state index in [0.29, 0.717) is 22.5 Å². The smallest absolute Gasteiger partial charge is 0.196 e. The molecule has 2 aromatic carbocycles. The first-order valence-corrected chi connectivity index (χ1v) is 7.01. The van der Waals surface area contributed by atoms with Crippen molar-refractivity contribution >= 4 is 34.8 Å². The van der Waals surface area contributed by atoms with Crippen molar-refractivity contribution in [2.75, 3.05) is 11.4 Å². The third kappa shape index (κ3) is 2.35. The number of halogens is 2. The SMILES string of the molecule is NC1=NCC(c2ccc(Cl)cc2)N1c1ccccc1Cl. The number of guanidine groups is 1. The molecule has 0 spiro atoms. The number of rotatable bonds is 2. The molecule has 0 amide bonds. The summed E-state index contributed by atoms with van der Waals surface area (Å²) < 4.78 is 0. The summed E-state index contributed by atoms with van der Waals surface area (Å²) in [6, 6.07) is 15.4. The van der Waals surface area contributed by atoms with Gasteiger partial charge in [-0.05, 0) is 29.8 Å². The minimum Gasteiger partial charge on any atom is -0.369 e. The summed E-state index contributed by atoms with van der Waals surface area (Å²) in [5.41, 5.74) is 8.01. The maximum atomic E-state index is 6.27. The van der Waals surface area contributed by atoms with Gasteiger partial charge in [0.25, 0.3) is 0 Å². The van der Waals surface area contributed by atoms with Gasteiger partial charge in [-0.25, -0.2) is 0 Å². The molecule has 0 radical (unpaired) electrons. The van der Waals surface area contributed by atoms with Crippen LogP contribution >= 0.6 is 23.2 Å². The number of nitrogens with two attached hydrogens (primary N) is 1. The fraction of sp³-hybridized carbons (Fsp3) is 0.133. The van der Waals surface area contributed by atoms with Crippen molar-refractivity contribution in [3.63, 3.8) is 0 Å². The monoisotopic (exact) mass is 305 g/mol. The van der Waals surface area contributed by atoms with E-state index in [1.165, 1.54) is 0 Å². The van der Waals surface area contributed by atoms with Crippen LogP contribution in [0, 0.1) is 0 Å². The fourth-order valence-electron chi connectivity index (χ4n) is 2.38. The molecule has 2 N–H and O–H groups in total. The molecule has 0 saturated heterocycles. The lowest BCUT2D eigenvalue weighted by Gasteiger charge is -2.27. The molecule has 0 aromatic heterocycles. The molecule has 0 fully saturated rings. The van der Waals surface area contributed by atoms with Crippen LogP contribution in [0.2, 0.25) is 10.0 Å². The van der Waals surface area contributed by atoms with E-state index in [0.717, 1.165) is 11.3 Å². The average molecular weight is 306 g/mol. The van der Waals surface area contributed by atoms with Gasteiger partial charge in [-0.15, -0.1) is 0 Å². The van der Waals surface area contributed by atoms with E-state index in [9.17, 15) is 0 Å². The summed E-state index contributed by atoms with van der Waals surface area (Å²) in [5.74, 6) is 0.484. The highest BCUT2D eigenvalue weighted by Crippen LogP contribution is 2.35. The van der Waals surface area contributed by atoms with Gasteiger partial charge in [0.05, 0.1) is 23.3 Å². The molecule has 1 aliphatic heterocycles. The van der Waals surface area contributed by atoms with E-state index < -0.39 is 0 Å². The Bertz CT molecular complexity index is 652. The minimum absolute atomic E-state index is 0.0483. The van der Waals surface area contributed by atoms with Crippen LogP contribution in [0.4, 0.5) is 5.69 Å². The quantitative estimate of drug-likeness (QED) is 0.915. The van der Waals surface area contributed by atoms with Gasteiger partial charge >= 0.3 is 0 Å². The highest BCUT2D eigenvalue weighted by atomic mass is 35.5. The van der Waals surface area contributed by atoms with Crippen LogP contribution in [0.3, 0.4) is 0 Å².